The van der Waals surface area contributed by atoms with Gasteiger partial charge in [-0.3, -0.25) is 14.9 Å². The van der Waals surface area contributed by atoms with E-state index in [9.17, 15) is 14.9 Å². The second kappa shape index (κ2) is 7.75. The van der Waals surface area contributed by atoms with Crippen LogP contribution < -0.4 is 5.32 Å². The van der Waals surface area contributed by atoms with Gasteiger partial charge in [0.1, 0.15) is 0 Å². The molecule has 2 aromatic rings. The number of hydrogen-bond acceptors (Lipinski definition) is 3. The van der Waals surface area contributed by atoms with Crippen LogP contribution in [0.15, 0.2) is 48.5 Å². The molecule has 5 nitrogen and oxygen atoms in total. The summed E-state index contributed by atoms with van der Waals surface area (Å²) in [5.74, 6) is 0.0919. The van der Waals surface area contributed by atoms with E-state index in [1.54, 1.807) is 6.08 Å². The van der Waals surface area contributed by atoms with Crippen molar-refractivity contribution in [3.63, 3.8) is 0 Å². The molecule has 6 heteroatoms. The fourth-order valence-electron chi connectivity index (χ4n) is 2.06. The van der Waals surface area contributed by atoms with Gasteiger partial charge in [0.15, 0.2) is 0 Å². The van der Waals surface area contributed by atoms with Crippen molar-refractivity contribution in [2.45, 2.75) is 19.8 Å². The molecule has 0 bridgehead atoms. The van der Waals surface area contributed by atoms with Crippen LogP contribution in [0.2, 0.25) is 5.02 Å². The van der Waals surface area contributed by atoms with Gasteiger partial charge in [-0.1, -0.05) is 49.7 Å². The Balaban J connectivity index is 2.03. The molecule has 0 atom stereocenters. The van der Waals surface area contributed by atoms with E-state index in [-0.39, 0.29) is 16.6 Å². The molecule has 2 rings (SSSR count). The van der Waals surface area contributed by atoms with Gasteiger partial charge in [0.05, 0.1) is 15.6 Å². The lowest BCUT2D eigenvalue weighted by Crippen LogP contribution is -2.08. The molecule has 1 amide bonds. The van der Waals surface area contributed by atoms with Crippen molar-refractivity contribution in [2.75, 3.05) is 5.32 Å². The number of nitro groups is 1. The molecule has 124 valence electrons. The second-order valence-electron chi connectivity index (χ2n) is 5.57. The molecule has 0 aliphatic heterocycles. The zero-order valence-electron chi connectivity index (χ0n) is 13.3. The van der Waals surface area contributed by atoms with Crippen LogP contribution in [0.5, 0.6) is 0 Å². The molecule has 0 aliphatic rings. The number of benzene rings is 2. The third-order valence-corrected chi connectivity index (χ3v) is 3.76. The Kier molecular flexibility index (Phi) is 5.71. The number of nitrogens with zero attached hydrogens (tertiary/aromatic N) is 1. The normalized spacial score (nSPS) is 11.0. The summed E-state index contributed by atoms with van der Waals surface area (Å²) in [6.45, 7) is 4.23. The first-order valence-electron chi connectivity index (χ1n) is 7.40. The second-order valence-corrected chi connectivity index (χ2v) is 5.97. The fourth-order valence-corrected chi connectivity index (χ4v) is 2.28. The van der Waals surface area contributed by atoms with Gasteiger partial charge < -0.3 is 5.32 Å². The number of carbonyl (C=O) groups is 1. The zero-order valence-corrected chi connectivity index (χ0v) is 14.1. The number of carbonyl (C=O) groups excluding carboxylic acids is 1. The third kappa shape index (κ3) is 4.67. The summed E-state index contributed by atoms with van der Waals surface area (Å²) < 4.78 is 0. The predicted octanol–water partition coefficient (Wildman–Crippen LogP) is 5.02. The third-order valence-electron chi connectivity index (χ3n) is 3.45. The first kappa shape index (κ1) is 17.7. The van der Waals surface area contributed by atoms with Crippen molar-refractivity contribution in [1.82, 2.24) is 0 Å². The smallest absolute Gasteiger partial charge is 0.271 e. The summed E-state index contributed by atoms with van der Waals surface area (Å²) in [6.07, 6.45) is 3.08. The lowest BCUT2D eigenvalue weighted by Gasteiger charge is -2.05. The number of hydrogen-bond donors (Lipinski definition) is 1. The Morgan fingerprint density at radius 1 is 1.21 bits per heavy atom. The van der Waals surface area contributed by atoms with E-state index in [2.05, 4.69) is 19.2 Å². The van der Waals surface area contributed by atoms with Crippen LogP contribution in [-0.4, -0.2) is 10.8 Å². The number of amides is 1. The van der Waals surface area contributed by atoms with Crippen molar-refractivity contribution in [3.8, 4) is 0 Å². The first-order chi connectivity index (χ1) is 11.4. The fraction of sp³-hybridized carbons (Fsp3) is 0.167. The van der Waals surface area contributed by atoms with Gasteiger partial charge >= 0.3 is 0 Å². The molecule has 0 aliphatic carbocycles. The Morgan fingerprint density at radius 3 is 2.42 bits per heavy atom. The van der Waals surface area contributed by atoms with E-state index >= 15 is 0 Å². The number of anilines is 1. The average Bonchev–Trinajstić information content (AvgIpc) is 2.55. The molecule has 0 aromatic heterocycles. The van der Waals surface area contributed by atoms with Gasteiger partial charge in [-0.2, -0.15) is 0 Å². The zero-order chi connectivity index (χ0) is 17.7. The van der Waals surface area contributed by atoms with Crippen LogP contribution in [0.25, 0.3) is 6.08 Å². The highest BCUT2D eigenvalue weighted by atomic mass is 35.5. The topological polar surface area (TPSA) is 72.2 Å². The Labute approximate surface area is 145 Å². The molecule has 0 heterocycles. The first-order valence-corrected chi connectivity index (χ1v) is 7.77. The predicted molar refractivity (Wildman–Crippen MR) is 96.3 cm³/mol. The summed E-state index contributed by atoms with van der Waals surface area (Å²) >= 11 is 5.94. The number of halogens is 1. The Bertz CT molecular complexity index is 783. The van der Waals surface area contributed by atoms with Crippen molar-refractivity contribution in [1.29, 1.82) is 0 Å². The molecule has 0 unspecified atom stereocenters. The van der Waals surface area contributed by atoms with Crippen molar-refractivity contribution in [3.05, 3.63) is 74.8 Å². The van der Waals surface area contributed by atoms with E-state index in [0.29, 0.717) is 11.6 Å². The largest absolute Gasteiger partial charge is 0.321 e. The Morgan fingerprint density at radius 2 is 1.88 bits per heavy atom. The molecular weight excluding hydrogens is 328 g/mol. The van der Waals surface area contributed by atoms with Gasteiger partial charge in [-0.05, 0) is 29.2 Å². The van der Waals surface area contributed by atoms with Crippen LogP contribution in [0.3, 0.4) is 0 Å². The minimum Gasteiger partial charge on any atom is -0.321 e. The summed E-state index contributed by atoms with van der Waals surface area (Å²) in [5.41, 5.74) is 2.34. The molecule has 0 saturated carbocycles. The minimum absolute atomic E-state index is 0.118. The quantitative estimate of drug-likeness (QED) is 0.470. The van der Waals surface area contributed by atoms with Crippen LogP contribution in [0, 0.1) is 10.1 Å². The van der Waals surface area contributed by atoms with Crippen molar-refractivity contribution in [2.24, 2.45) is 0 Å². The van der Waals surface area contributed by atoms with E-state index < -0.39 is 4.92 Å². The molecule has 24 heavy (non-hydrogen) atoms. The summed E-state index contributed by atoms with van der Waals surface area (Å²) in [5, 5.41) is 13.4. The lowest BCUT2D eigenvalue weighted by atomic mass is 10.0. The number of nitrogens with one attached hydrogen (secondary N) is 1. The average molecular weight is 345 g/mol. The van der Waals surface area contributed by atoms with E-state index in [0.717, 1.165) is 5.56 Å². The van der Waals surface area contributed by atoms with Crippen molar-refractivity contribution >= 4 is 35.0 Å². The summed E-state index contributed by atoms with van der Waals surface area (Å²) in [4.78, 5) is 22.1. The SMILES string of the molecule is CC(C)c1ccc(/C=C/C(=O)Nc2ccc([N+](=O)[O-])cc2Cl)cc1. The lowest BCUT2D eigenvalue weighted by molar-refractivity contribution is -0.384. The van der Waals surface area contributed by atoms with Gasteiger partial charge in [0, 0.05) is 18.2 Å². The maximum absolute atomic E-state index is 11.9. The number of non-ortho nitro benzene ring substituents is 1. The van der Waals surface area contributed by atoms with Crippen LogP contribution >= 0.6 is 11.6 Å². The Hall–Kier alpha value is -2.66. The number of rotatable bonds is 5. The highest BCUT2D eigenvalue weighted by Crippen LogP contribution is 2.26. The number of nitro benzene ring substituents is 1. The van der Waals surface area contributed by atoms with Gasteiger partial charge in [0.25, 0.3) is 5.69 Å². The molecule has 0 fully saturated rings. The van der Waals surface area contributed by atoms with E-state index in [4.69, 9.17) is 11.6 Å². The van der Waals surface area contributed by atoms with Crippen LogP contribution in [0.1, 0.15) is 30.9 Å². The molecule has 1 N–H and O–H groups in total. The molecule has 0 radical (unpaired) electrons. The molecule has 0 spiro atoms. The van der Waals surface area contributed by atoms with Crippen molar-refractivity contribution < 1.29 is 9.72 Å². The maximum atomic E-state index is 11.9. The summed E-state index contributed by atoms with van der Waals surface area (Å²) in [7, 11) is 0. The molecular formula is C18H17ClN2O3. The molecule has 2 aromatic carbocycles. The maximum Gasteiger partial charge on any atom is 0.271 e. The summed E-state index contributed by atoms with van der Waals surface area (Å²) in [6, 6.07) is 11.8. The standard InChI is InChI=1S/C18H17ClN2O3/c1-12(2)14-6-3-13(4-7-14)5-10-18(22)20-17-9-8-15(21(23)24)11-16(17)19/h3-12H,1-2H3,(H,20,22)/b10-5+. The van der Waals surface area contributed by atoms with Crippen LogP contribution in [-0.2, 0) is 4.79 Å². The van der Waals surface area contributed by atoms with Gasteiger partial charge in [-0.15, -0.1) is 0 Å². The molecule has 0 saturated heterocycles. The van der Waals surface area contributed by atoms with E-state index in [1.165, 1.54) is 29.8 Å². The van der Waals surface area contributed by atoms with Gasteiger partial charge in [0.2, 0.25) is 5.91 Å². The van der Waals surface area contributed by atoms with E-state index in [1.807, 2.05) is 24.3 Å². The highest BCUT2D eigenvalue weighted by Gasteiger charge is 2.10. The van der Waals surface area contributed by atoms with Gasteiger partial charge in [-0.25, -0.2) is 0 Å². The van der Waals surface area contributed by atoms with Crippen LogP contribution in [0.4, 0.5) is 11.4 Å². The minimum atomic E-state index is -0.543. The highest BCUT2D eigenvalue weighted by molar-refractivity contribution is 6.34. The monoisotopic (exact) mass is 344 g/mol.